The average Bonchev–Trinajstić information content (AvgIpc) is 3.00. The van der Waals surface area contributed by atoms with Crippen LogP contribution in [0.25, 0.3) is 0 Å². The van der Waals surface area contributed by atoms with Gasteiger partial charge in [-0.25, -0.2) is 0 Å². The first-order chi connectivity index (χ1) is 11.0. The van der Waals surface area contributed by atoms with Crippen LogP contribution in [-0.2, 0) is 9.53 Å². The van der Waals surface area contributed by atoms with Gasteiger partial charge < -0.3 is 10.1 Å². The number of carbonyl (C=O) groups is 1. The van der Waals surface area contributed by atoms with Crippen LogP contribution in [0, 0.1) is 17.8 Å². The molecule has 2 rings (SSSR count). The third-order valence-corrected chi connectivity index (χ3v) is 5.56. The normalized spacial score (nSPS) is 23.2. The molecule has 0 saturated carbocycles. The van der Waals surface area contributed by atoms with Crippen LogP contribution in [0.4, 0.5) is 0 Å². The lowest BCUT2D eigenvalue weighted by molar-refractivity contribution is -0.124. The third-order valence-electron chi connectivity index (χ3n) is 4.57. The number of nitrogens with one attached hydrogen (secondary N) is 1. The van der Waals surface area contributed by atoms with Crippen LogP contribution in [-0.4, -0.2) is 18.6 Å². The van der Waals surface area contributed by atoms with Crippen LogP contribution >= 0.6 is 11.3 Å². The molecule has 3 nitrogen and oxygen atoms in total. The highest BCUT2D eigenvalue weighted by molar-refractivity contribution is 7.10. The summed E-state index contributed by atoms with van der Waals surface area (Å²) in [6.07, 6.45) is 3.95. The van der Waals surface area contributed by atoms with E-state index in [1.54, 1.807) is 11.3 Å². The van der Waals surface area contributed by atoms with Crippen molar-refractivity contribution in [3.8, 4) is 0 Å². The minimum absolute atomic E-state index is 0.156. The minimum atomic E-state index is 0.156. The molecule has 1 aliphatic rings. The lowest BCUT2D eigenvalue weighted by Gasteiger charge is -2.32. The van der Waals surface area contributed by atoms with Gasteiger partial charge in [0.05, 0.1) is 12.1 Å². The Balaban J connectivity index is 1.89. The summed E-state index contributed by atoms with van der Waals surface area (Å²) in [6.45, 7) is 9.60. The number of amides is 1. The minimum Gasteiger partial charge on any atom is -0.378 e. The van der Waals surface area contributed by atoms with Crippen molar-refractivity contribution in [3.63, 3.8) is 0 Å². The van der Waals surface area contributed by atoms with E-state index in [9.17, 15) is 4.79 Å². The summed E-state index contributed by atoms with van der Waals surface area (Å²) in [5.74, 6) is 1.74. The standard InChI is InChI=1S/C19H31NO2S/c1-13(2)10-16(18-6-5-9-23-18)20-19(21)12-15-7-8-22-17(11-15)14(3)4/h5-6,9,13-17H,7-8,10-12H2,1-4H3,(H,20,21)/t15-,16-,17-/m0/s1. The van der Waals surface area contributed by atoms with Gasteiger partial charge in [-0.1, -0.05) is 33.8 Å². The Bertz CT molecular complexity index is 470. The molecule has 2 heterocycles. The zero-order valence-electron chi connectivity index (χ0n) is 14.9. The van der Waals surface area contributed by atoms with Crippen molar-refractivity contribution in [2.24, 2.45) is 17.8 Å². The predicted molar refractivity (Wildman–Crippen MR) is 96.6 cm³/mol. The van der Waals surface area contributed by atoms with Crippen LogP contribution in [0.15, 0.2) is 17.5 Å². The molecule has 0 radical (unpaired) electrons. The van der Waals surface area contributed by atoms with Crippen LogP contribution in [0.2, 0.25) is 0 Å². The topological polar surface area (TPSA) is 38.3 Å². The van der Waals surface area contributed by atoms with Crippen molar-refractivity contribution in [3.05, 3.63) is 22.4 Å². The maximum absolute atomic E-state index is 12.5. The molecule has 0 aliphatic carbocycles. The van der Waals surface area contributed by atoms with E-state index in [2.05, 4.69) is 50.5 Å². The zero-order chi connectivity index (χ0) is 16.8. The summed E-state index contributed by atoms with van der Waals surface area (Å²) in [6, 6.07) is 4.34. The first-order valence-electron chi connectivity index (χ1n) is 8.90. The summed E-state index contributed by atoms with van der Waals surface area (Å²) in [5.41, 5.74) is 0. The first-order valence-corrected chi connectivity index (χ1v) is 9.78. The van der Waals surface area contributed by atoms with Crippen molar-refractivity contribution < 1.29 is 9.53 Å². The molecule has 130 valence electrons. The second kappa shape index (κ2) is 8.84. The molecule has 1 aromatic heterocycles. The molecule has 4 heteroatoms. The van der Waals surface area contributed by atoms with E-state index in [1.807, 2.05) is 0 Å². The Morgan fingerprint density at radius 1 is 1.39 bits per heavy atom. The molecule has 1 saturated heterocycles. The highest BCUT2D eigenvalue weighted by Crippen LogP contribution is 2.29. The van der Waals surface area contributed by atoms with Gasteiger partial charge >= 0.3 is 0 Å². The smallest absolute Gasteiger partial charge is 0.220 e. The molecule has 1 aromatic rings. The van der Waals surface area contributed by atoms with Gasteiger partial charge in [0.2, 0.25) is 5.91 Å². The van der Waals surface area contributed by atoms with Gasteiger partial charge in [-0.15, -0.1) is 11.3 Å². The van der Waals surface area contributed by atoms with E-state index >= 15 is 0 Å². The Morgan fingerprint density at radius 2 is 2.17 bits per heavy atom. The summed E-state index contributed by atoms with van der Waals surface area (Å²) in [7, 11) is 0. The van der Waals surface area contributed by atoms with Gasteiger partial charge in [0.1, 0.15) is 0 Å². The second-order valence-electron chi connectivity index (χ2n) is 7.51. The molecular weight excluding hydrogens is 306 g/mol. The van der Waals surface area contributed by atoms with Crippen molar-refractivity contribution >= 4 is 17.2 Å². The number of thiophene rings is 1. The van der Waals surface area contributed by atoms with Gasteiger partial charge in [-0.3, -0.25) is 4.79 Å². The molecule has 1 N–H and O–H groups in total. The van der Waals surface area contributed by atoms with Crippen LogP contribution in [0.1, 0.15) is 64.3 Å². The SMILES string of the molecule is CC(C)C[C@H](NC(=O)C[C@H]1CCO[C@H](C(C)C)C1)c1cccs1. The number of carbonyl (C=O) groups excluding carboxylic acids is 1. The fraction of sp³-hybridized carbons (Fsp3) is 0.737. The first kappa shape index (κ1) is 18.5. The number of hydrogen-bond acceptors (Lipinski definition) is 3. The van der Waals surface area contributed by atoms with E-state index in [-0.39, 0.29) is 11.9 Å². The molecule has 0 bridgehead atoms. The molecule has 1 fully saturated rings. The highest BCUT2D eigenvalue weighted by atomic mass is 32.1. The Labute approximate surface area is 144 Å². The average molecular weight is 338 g/mol. The van der Waals surface area contributed by atoms with Crippen LogP contribution in [0.5, 0.6) is 0 Å². The Hall–Kier alpha value is -0.870. The molecule has 3 atom stereocenters. The fourth-order valence-corrected chi connectivity index (χ4v) is 4.06. The molecule has 1 amide bonds. The van der Waals surface area contributed by atoms with Gasteiger partial charge in [-0.2, -0.15) is 0 Å². The quantitative estimate of drug-likeness (QED) is 0.776. The molecule has 0 unspecified atom stereocenters. The van der Waals surface area contributed by atoms with Crippen molar-refractivity contribution in [1.29, 1.82) is 0 Å². The Morgan fingerprint density at radius 3 is 2.78 bits per heavy atom. The van der Waals surface area contributed by atoms with Crippen molar-refractivity contribution in [2.75, 3.05) is 6.61 Å². The number of rotatable bonds is 7. The number of hydrogen-bond donors (Lipinski definition) is 1. The van der Waals surface area contributed by atoms with Crippen LogP contribution in [0.3, 0.4) is 0 Å². The van der Waals surface area contributed by atoms with Crippen molar-refractivity contribution in [2.45, 2.75) is 65.5 Å². The van der Waals surface area contributed by atoms with Gasteiger partial charge in [0.25, 0.3) is 0 Å². The maximum Gasteiger partial charge on any atom is 0.220 e. The zero-order valence-corrected chi connectivity index (χ0v) is 15.7. The molecule has 0 spiro atoms. The molecule has 0 aromatic carbocycles. The van der Waals surface area contributed by atoms with E-state index < -0.39 is 0 Å². The summed E-state index contributed by atoms with van der Waals surface area (Å²) in [5, 5.41) is 5.36. The third kappa shape index (κ3) is 5.92. The summed E-state index contributed by atoms with van der Waals surface area (Å²) >= 11 is 1.73. The molecular formula is C19H31NO2S. The van der Waals surface area contributed by atoms with E-state index in [4.69, 9.17) is 4.74 Å². The van der Waals surface area contributed by atoms with Gasteiger partial charge in [-0.05, 0) is 48.5 Å². The predicted octanol–water partition coefficient (Wildman–Crippen LogP) is 4.79. The number of ether oxygens (including phenoxy) is 1. The molecule has 23 heavy (non-hydrogen) atoms. The summed E-state index contributed by atoms with van der Waals surface area (Å²) < 4.78 is 5.81. The lowest BCUT2D eigenvalue weighted by atomic mass is 9.88. The van der Waals surface area contributed by atoms with Crippen LogP contribution < -0.4 is 5.32 Å². The largest absolute Gasteiger partial charge is 0.378 e. The maximum atomic E-state index is 12.5. The van der Waals surface area contributed by atoms with E-state index in [1.165, 1.54) is 4.88 Å². The highest BCUT2D eigenvalue weighted by Gasteiger charge is 2.27. The molecule has 1 aliphatic heterocycles. The second-order valence-corrected chi connectivity index (χ2v) is 8.49. The van der Waals surface area contributed by atoms with Crippen molar-refractivity contribution in [1.82, 2.24) is 5.32 Å². The van der Waals surface area contributed by atoms with Gasteiger partial charge in [0, 0.05) is 17.9 Å². The lowest BCUT2D eigenvalue weighted by Crippen LogP contribution is -2.35. The van der Waals surface area contributed by atoms with E-state index in [0.29, 0.717) is 30.3 Å². The van der Waals surface area contributed by atoms with E-state index in [0.717, 1.165) is 25.9 Å². The summed E-state index contributed by atoms with van der Waals surface area (Å²) in [4.78, 5) is 13.8. The monoisotopic (exact) mass is 337 g/mol. The Kier molecular flexibility index (Phi) is 7.09. The fourth-order valence-electron chi connectivity index (χ4n) is 3.27. The van der Waals surface area contributed by atoms with Gasteiger partial charge in [0.15, 0.2) is 0 Å².